The van der Waals surface area contributed by atoms with E-state index in [-0.39, 0.29) is 6.04 Å². The van der Waals surface area contributed by atoms with Crippen molar-refractivity contribution in [2.75, 3.05) is 0 Å². The third-order valence-electron chi connectivity index (χ3n) is 11.1. The molecule has 4 nitrogen and oxygen atoms in total. The Hall–Kier alpha value is -7.30. The molecular formula is C59H58N4. The van der Waals surface area contributed by atoms with Gasteiger partial charge >= 0.3 is 0 Å². The highest BCUT2D eigenvalue weighted by molar-refractivity contribution is 6.16. The van der Waals surface area contributed by atoms with Gasteiger partial charge in [-0.2, -0.15) is 0 Å². The number of rotatable bonds is 12. The summed E-state index contributed by atoms with van der Waals surface area (Å²) in [6, 6.07) is 65.5. The Morgan fingerprint density at radius 1 is 0.540 bits per heavy atom. The van der Waals surface area contributed by atoms with Crippen LogP contribution in [0.15, 0.2) is 214 Å². The van der Waals surface area contributed by atoms with E-state index in [4.69, 9.17) is 4.99 Å². The summed E-state index contributed by atoms with van der Waals surface area (Å²) in [6.45, 7) is 21.4. The quantitative estimate of drug-likeness (QED) is 0.0871. The maximum atomic E-state index is 5.29. The molecule has 0 bridgehead atoms. The van der Waals surface area contributed by atoms with Gasteiger partial charge in [-0.25, -0.2) is 0 Å². The second kappa shape index (κ2) is 22.5. The summed E-state index contributed by atoms with van der Waals surface area (Å²) in [5, 5.41) is 4.96. The van der Waals surface area contributed by atoms with E-state index in [1.165, 1.54) is 38.2 Å². The smallest absolute Gasteiger partial charge is 0.0748 e. The van der Waals surface area contributed by atoms with E-state index >= 15 is 0 Å². The van der Waals surface area contributed by atoms with Crippen LogP contribution in [0.2, 0.25) is 0 Å². The summed E-state index contributed by atoms with van der Waals surface area (Å²) in [4.78, 5) is 18.8. The second-order valence-electron chi connectivity index (χ2n) is 15.2. The zero-order chi connectivity index (χ0) is 44.6. The van der Waals surface area contributed by atoms with Crippen molar-refractivity contribution in [1.82, 2.24) is 0 Å². The van der Waals surface area contributed by atoms with E-state index < -0.39 is 0 Å². The molecule has 0 fully saturated rings. The zero-order valence-electron chi connectivity index (χ0n) is 37.6. The zero-order valence-corrected chi connectivity index (χ0v) is 37.6. The molecule has 8 aromatic rings. The first-order chi connectivity index (χ1) is 30.8. The van der Waals surface area contributed by atoms with Crippen LogP contribution in [-0.4, -0.2) is 24.9 Å². The Labute approximate surface area is 374 Å². The first kappa shape index (κ1) is 45.2. The van der Waals surface area contributed by atoms with E-state index in [0.717, 1.165) is 62.6 Å². The fraction of sp³-hybridized carbons (Fsp3) is 0.153. The van der Waals surface area contributed by atoms with E-state index in [1.807, 2.05) is 80.6 Å². The molecule has 0 amide bonds. The van der Waals surface area contributed by atoms with Gasteiger partial charge in [-0.3, -0.25) is 20.0 Å². The average Bonchev–Trinajstić information content (AvgIpc) is 3.35. The molecule has 314 valence electrons. The van der Waals surface area contributed by atoms with E-state index in [2.05, 4.69) is 177 Å². The lowest BCUT2D eigenvalue weighted by Gasteiger charge is -2.16. The molecule has 0 aliphatic rings. The minimum absolute atomic E-state index is 0.0488. The molecule has 0 aliphatic carbocycles. The number of nitrogens with zero attached hydrogens (tertiary/aromatic N) is 4. The molecule has 8 rings (SSSR count). The van der Waals surface area contributed by atoms with Crippen LogP contribution < -0.4 is 0 Å². The lowest BCUT2D eigenvalue weighted by molar-refractivity contribution is 0.825. The molecule has 0 saturated heterocycles. The van der Waals surface area contributed by atoms with Crippen molar-refractivity contribution in [2.45, 2.75) is 60.7 Å². The van der Waals surface area contributed by atoms with Crippen LogP contribution >= 0.6 is 0 Å². The molecule has 0 aromatic heterocycles. The Morgan fingerprint density at radius 2 is 1.10 bits per heavy atom. The maximum Gasteiger partial charge on any atom is 0.0748 e. The molecule has 1 unspecified atom stereocenters. The average molecular weight is 823 g/mol. The van der Waals surface area contributed by atoms with Crippen LogP contribution in [0.4, 0.5) is 0 Å². The summed E-state index contributed by atoms with van der Waals surface area (Å²) in [5.41, 5.74) is 14.1. The van der Waals surface area contributed by atoms with Gasteiger partial charge in [0.25, 0.3) is 0 Å². The Balaban J connectivity index is 0.000000307. The standard InChI is InChI=1S/C42H37N3.C15H15N.C2H6/c1-28-15-9-11-19-36(28)42(44-5)29(2)41(32-16-7-6-8-17-32)45-27-31-23-34(30(3)43-4)25-35(24-31)40-26-33-18-10-12-20-37(33)38-21-13-14-22-39(38)40;1-13(15-10-6-3-7-11-15)16-12-14-8-4-2-5-9-14;1-2/h6-26,30H,4-5,27H2,1-3H3;2-11H,12H2,1H3;1-2H3/b42-29-,45-41?;;. The fourth-order valence-electron chi connectivity index (χ4n) is 7.72. The van der Waals surface area contributed by atoms with Crippen LogP contribution in [0.5, 0.6) is 0 Å². The van der Waals surface area contributed by atoms with Gasteiger partial charge in [0.2, 0.25) is 0 Å². The van der Waals surface area contributed by atoms with Crippen molar-refractivity contribution in [1.29, 1.82) is 0 Å². The van der Waals surface area contributed by atoms with Gasteiger partial charge in [0.15, 0.2) is 0 Å². The molecule has 0 heterocycles. The lowest BCUT2D eigenvalue weighted by atomic mass is 9.90. The summed E-state index contributed by atoms with van der Waals surface area (Å²) in [6.07, 6.45) is 0. The predicted octanol–water partition coefficient (Wildman–Crippen LogP) is 15.6. The minimum Gasteiger partial charge on any atom is -0.293 e. The largest absolute Gasteiger partial charge is 0.293 e. The monoisotopic (exact) mass is 822 g/mol. The number of hydrogen-bond donors (Lipinski definition) is 0. The van der Waals surface area contributed by atoms with Crippen LogP contribution in [0.25, 0.3) is 38.4 Å². The maximum absolute atomic E-state index is 5.29. The first-order valence-corrected chi connectivity index (χ1v) is 21.8. The van der Waals surface area contributed by atoms with Crippen LogP contribution in [0.1, 0.15) is 79.6 Å². The van der Waals surface area contributed by atoms with Crippen molar-refractivity contribution in [3.8, 4) is 11.1 Å². The molecule has 1 atom stereocenters. The molecule has 63 heavy (non-hydrogen) atoms. The summed E-state index contributed by atoms with van der Waals surface area (Å²) >= 11 is 0. The van der Waals surface area contributed by atoms with Crippen molar-refractivity contribution < 1.29 is 0 Å². The fourth-order valence-corrected chi connectivity index (χ4v) is 7.72. The van der Waals surface area contributed by atoms with Gasteiger partial charge in [0, 0.05) is 22.4 Å². The van der Waals surface area contributed by atoms with E-state index in [0.29, 0.717) is 6.54 Å². The predicted molar refractivity (Wildman–Crippen MR) is 275 cm³/mol. The van der Waals surface area contributed by atoms with Crippen LogP contribution in [0, 0.1) is 6.92 Å². The van der Waals surface area contributed by atoms with Gasteiger partial charge in [0.1, 0.15) is 0 Å². The van der Waals surface area contributed by atoms with Crippen molar-refractivity contribution in [3.63, 3.8) is 0 Å². The molecular weight excluding hydrogens is 765 g/mol. The highest BCUT2D eigenvalue weighted by Gasteiger charge is 2.16. The number of fused-ring (bicyclic) bond motifs is 3. The number of aryl methyl sites for hydroxylation is 1. The van der Waals surface area contributed by atoms with E-state index in [1.54, 1.807) is 0 Å². The van der Waals surface area contributed by atoms with Gasteiger partial charge in [-0.1, -0.05) is 184 Å². The number of benzene rings is 8. The Morgan fingerprint density at radius 3 is 1.75 bits per heavy atom. The SMILES string of the molecule is C=N/C(=C(/C)C(=NCc1cc(-c2cc3ccccc3c3ccccc23)cc(C(C)N=C)c1)c1ccccc1)c1ccccc1C.CC.CC(=NCc1ccccc1)c1ccccc1. The number of aliphatic imine (C=N–C) groups is 4. The van der Waals surface area contributed by atoms with Crippen molar-refractivity contribution in [2.24, 2.45) is 20.0 Å². The third-order valence-corrected chi connectivity index (χ3v) is 11.1. The second-order valence-corrected chi connectivity index (χ2v) is 15.2. The van der Waals surface area contributed by atoms with Crippen LogP contribution in [-0.2, 0) is 13.1 Å². The molecule has 4 heteroatoms. The van der Waals surface area contributed by atoms with Crippen LogP contribution in [0.3, 0.4) is 0 Å². The normalized spacial score (nSPS) is 12.3. The summed E-state index contributed by atoms with van der Waals surface area (Å²) in [5.74, 6) is 0. The van der Waals surface area contributed by atoms with Crippen molar-refractivity contribution >= 4 is 52.1 Å². The lowest BCUT2D eigenvalue weighted by Crippen LogP contribution is -2.07. The molecule has 0 saturated carbocycles. The molecule has 8 aromatic carbocycles. The molecule has 0 N–H and O–H groups in total. The number of allylic oxidation sites excluding steroid dienone is 1. The topological polar surface area (TPSA) is 49.4 Å². The molecule has 0 spiro atoms. The Kier molecular flexibility index (Phi) is 16.2. The summed E-state index contributed by atoms with van der Waals surface area (Å²) in [7, 11) is 0. The third kappa shape index (κ3) is 11.3. The van der Waals surface area contributed by atoms with Gasteiger partial charge in [0.05, 0.1) is 30.5 Å². The number of hydrogen-bond acceptors (Lipinski definition) is 4. The summed E-state index contributed by atoms with van der Waals surface area (Å²) < 4.78 is 0. The molecule has 0 aliphatic heterocycles. The van der Waals surface area contributed by atoms with E-state index in [9.17, 15) is 0 Å². The molecule has 0 radical (unpaired) electrons. The Bertz CT molecular complexity index is 2870. The first-order valence-electron chi connectivity index (χ1n) is 21.8. The van der Waals surface area contributed by atoms with Gasteiger partial charge < -0.3 is 0 Å². The van der Waals surface area contributed by atoms with Gasteiger partial charge in [-0.15, -0.1) is 0 Å². The van der Waals surface area contributed by atoms with Gasteiger partial charge in [-0.05, 0) is 120 Å². The highest BCUT2D eigenvalue weighted by atomic mass is 14.8. The minimum atomic E-state index is -0.0488. The van der Waals surface area contributed by atoms with Crippen molar-refractivity contribution in [3.05, 3.63) is 233 Å². The highest BCUT2D eigenvalue weighted by Crippen LogP contribution is 2.37.